The largest absolute Gasteiger partial charge is 0.436 e. The van der Waals surface area contributed by atoms with Gasteiger partial charge in [0.05, 0.1) is 0 Å². The number of rotatable bonds is 3. The molecule has 1 aliphatic rings. The van der Waals surface area contributed by atoms with E-state index in [1.54, 1.807) is 0 Å². The van der Waals surface area contributed by atoms with E-state index in [0.717, 1.165) is 29.6 Å². The zero-order valence-electron chi connectivity index (χ0n) is 14.8. The van der Waals surface area contributed by atoms with Gasteiger partial charge in [-0.1, -0.05) is 32.9 Å². The minimum Gasteiger partial charge on any atom is -0.436 e. The molecule has 1 N–H and O–H groups in total. The molecule has 0 unspecified atom stereocenters. The van der Waals surface area contributed by atoms with Crippen LogP contribution in [0.15, 0.2) is 46.9 Å². The molecule has 25 heavy (non-hydrogen) atoms. The summed E-state index contributed by atoms with van der Waals surface area (Å²) >= 11 is 0. The molecule has 0 spiro atoms. The average Bonchev–Trinajstić information content (AvgIpc) is 3.34. The number of carbonyl (C=O) groups is 1. The molecule has 0 atom stereocenters. The van der Waals surface area contributed by atoms with Crippen molar-refractivity contribution < 1.29 is 9.21 Å². The Bertz CT molecular complexity index is 929. The smallest absolute Gasteiger partial charge is 0.227 e. The maximum absolute atomic E-state index is 11.9. The van der Waals surface area contributed by atoms with Crippen LogP contribution in [0.25, 0.3) is 22.6 Å². The van der Waals surface area contributed by atoms with Crippen LogP contribution in [0.3, 0.4) is 0 Å². The lowest BCUT2D eigenvalue weighted by Gasteiger charge is -2.18. The van der Waals surface area contributed by atoms with Gasteiger partial charge in [0.25, 0.3) is 0 Å². The van der Waals surface area contributed by atoms with Crippen molar-refractivity contribution in [1.29, 1.82) is 0 Å². The Morgan fingerprint density at radius 1 is 1.12 bits per heavy atom. The van der Waals surface area contributed by atoms with E-state index in [4.69, 9.17) is 4.42 Å². The van der Waals surface area contributed by atoms with Gasteiger partial charge >= 0.3 is 0 Å². The fourth-order valence-electron chi connectivity index (χ4n) is 2.83. The molecule has 4 heteroatoms. The van der Waals surface area contributed by atoms with Crippen molar-refractivity contribution in [3.63, 3.8) is 0 Å². The van der Waals surface area contributed by atoms with Crippen LogP contribution in [0.5, 0.6) is 0 Å². The number of benzene rings is 2. The van der Waals surface area contributed by atoms with Crippen LogP contribution >= 0.6 is 0 Å². The predicted octanol–water partition coefficient (Wildman–Crippen LogP) is 5.14. The number of carbonyl (C=O) groups excluding carboxylic acids is 1. The lowest BCUT2D eigenvalue weighted by Crippen LogP contribution is -2.12. The molecule has 4 nitrogen and oxygen atoms in total. The van der Waals surface area contributed by atoms with Crippen LogP contribution in [0.4, 0.5) is 5.69 Å². The van der Waals surface area contributed by atoms with Crippen LogP contribution < -0.4 is 5.32 Å². The fourth-order valence-corrected chi connectivity index (χ4v) is 2.83. The molecule has 1 amide bonds. The summed E-state index contributed by atoms with van der Waals surface area (Å²) in [6.45, 7) is 6.58. The molecule has 1 aromatic heterocycles. The first-order valence-electron chi connectivity index (χ1n) is 8.72. The molecule has 1 aliphatic carbocycles. The maximum Gasteiger partial charge on any atom is 0.227 e. The number of anilines is 1. The number of nitrogens with zero attached hydrogens (tertiary/aromatic N) is 1. The summed E-state index contributed by atoms with van der Waals surface area (Å²) in [5.74, 6) is 0.875. The second kappa shape index (κ2) is 5.73. The third-order valence-electron chi connectivity index (χ3n) is 4.60. The molecule has 3 aromatic rings. The zero-order valence-corrected chi connectivity index (χ0v) is 14.8. The van der Waals surface area contributed by atoms with Crippen LogP contribution in [0, 0.1) is 5.92 Å². The highest BCUT2D eigenvalue weighted by Crippen LogP contribution is 2.32. The highest BCUT2D eigenvalue weighted by Gasteiger charge is 2.29. The lowest BCUT2D eigenvalue weighted by atomic mass is 9.87. The Kier molecular flexibility index (Phi) is 3.64. The predicted molar refractivity (Wildman–Crippen MR) is 99.5 cm³/mol. The second-order valence-electron chi connectivity index (χ2n) is 7.79. The lowest BCUT2D eigenvalue weighted by molar-refractivity contribution is -0.117. The van der Waals surface area contributed by atoms with E-state index in [9.17, 15) is 4.79 Å². The minimum absolute atomic E-state index is 0.0943. The molecule has 4 rings (SSSR count). The third-order valence-corrected chi connectivity index (χ3v) is 4.60. The number of fused-ring (bicyclic) bond motifs is 1. The van der Waals surface area contributed by atoms with Gasteiger partial charge in [-0.3, -0.25) is 4.79 Å². The standard InChI is InChI=1S/C21H22N2O2/c1-21(2,3)15-8-6-14(7-9-15)20-23-17-11-10-16(12-18(17)25-20)22-19(24)13-4-5-13/h6-13H,4-5H2,1-3H3,(H,22,24). The summed E-state index contributed by atoms with van der Waals surface area (Å²) in [5, 5.41) is 2.94. The van der Waals surface area contributed by atoms with Crippen LogP contribution in [0.1, 0.15) is 39.2 Å². The number of oxazole rings is 1. The Hall–Kier alpha value is -2.62. The van der Waals surface area contributed by atoms with Crippen molar-refractivity contribution in [2.45, 2.75) is 39.0 Å². The second-order valence-corrected chi connectivity index (χ2v) is 7.79. The maximum atomic E-state index is 11.9. The molecule has 0 aliphatic heterocycles. The molecule has 1 saturated carbocycles. The highest BCUT2D eigenvalue weighted by molar-refractivity contribution is 5.95. The van der Waals surface area contributed by atoms with Crippen molar-refractivity contribution >= 4 is 22.7 Å². The average molecular weight is 334 g/mol. The Balaban J connectivity index is 1.61. The van der Waals surface area contributed by atoms with E-state index in [1.165, 1.54) is 5.56 Å². The van der Waals surface area contributed by atoms with E-state index in [-0.39, 0.29) is 17.2 Å². The van der Waals surface area contributed by atoms with Crippen molar-refractivity contribution in [3.05, 3.63) is 48.0 Å². The van der Waals surface area contributed by atoms with E-state index in [2.05, 4.69) is 43.2 Å². The molecule has 1 fully saturated rings. The van der Waals surface area contributed by atoms with E-state index in [1.807, 2.05) is 30.3 Å². The number of hydrogen-bond donors (Lipinski definition) is 1. The molecule has 1 heterocycles. The minimum atomic E-state index is 0.0943. The summed E-state index contributed by atoms with van der Waals surface area (Å²) in [6.07, 6.45) is 1.98. The molecule has 0 saturated heterocycles. The molecule has 2 aromatic carbocycles. The zero-order chi connectivity index (χ0) is 17.6. The summed E-state index contributed by atoms with van der Waals surface area (Å²) in [7, 11) is 0. The number of nitrogens with one attached hydrogen (secondary N) is 1. The molecular weight excluding hydrogens is 312 g/mol. The van der Waals surface area contributed by atoms with Crippen molar-refractivity contribution in [2.24, 2.45) is 5.92 Å². The van der Waals surface area contributed by atoms with Gasteiger partial charge in [0.1, 0.15) is 5.52 Å². The first-order valence-corrected chi connectivity index (χ1v) is 8.72. The van der Waals surface area contributed by atoms with Gasteiger partial charge in [-0.05, 0) is 48.1 Å². The van der Waals surface area contributed by atoms with Crippen LogP contribution in [0.2, 0.25) is 0 Å². The Morgan fingerprint density at radius 2 is 1.84 bits per heavy atom. The SMILES string of the molecule is CC(C)(C)c1ccc(-c2nc3ccc(NC(=O)C4CC4)cc3o2)cc1. The van der Waals surface area contributed by atoms with Crippen molar-refractivity contribution in [2.75, 3.05) is 5.32 Å². The van der Waals surface area contributed by atoms with Crippen LogP contribution in [-0.4, -0.2) is 10.9 Å². The first-order chi connectivity index (χ1) is 11.9. The topological polar surface area (TPSA) is 55.1 Å². The number of aromatic nitrogens is 1. The number of hydrogen-bond acceptors (Lipinski definition) is 3. The molecular formula is C21H22N2O2. The van der Waals surface area contributed by atoms with Crippen molar-refractivity contribution in [1.82, 2.24) is 4.98 Å². The monoisotopic (exact) mass is 334 g/mol. The molecule has 0 radical (unpaired) electrons. The summed E-state index contributed by atoms with van der Waals surface area (Å²) in [5.41, 5.74) is 4.58. The van der Waals surface area contributed by atoms with Crippen LogP contribution in [-0.2, 0) is 10.2 Å². The third kappa shape index (κ3) is 3.29. The Morgan fingerprint density at radius 3 is 2.48 bits per heavy atom. The normalized spacial score (nSPS) is 14.7. The first kappa shape index (κ1) is 15.9. The Labute approximate surface area is 147 Å². The van der Waals surface area contributed by atoms with Gasteiger partial charge in [-0.15, -0.1) is 0 Å². The molecule has 0 bridgehead atoms. The van der Waals surface area contributed by atoms with Gasteiger partial charge in [-0.2, -0.15) is 0 Å². The summed E-state index contributed by atoms with van der Waals surface area (Å²) in [6, 6.07) is 13.9. The highest BCUT2D eigenvalue weighted by atomic mass is 16.3. The van der Waals surface area contributed by atoms with Gasteiger partial charge in [0.2, 0.25) is 11.8 Å². The van der Waals surface area contributed by atoms with E-state index >= 15 is 0 Å². The summed E-state index contributed by atoms with van der Waals surface area (Å²) < 4.78 is 5.92. The summed E-state index contributed by atoms with van der Waals surface area (Å²) in [4.78, 5) is 16.5. The van der Waals surface area contributed by atoms with Gasteiger partial charge in [-0.25, -0.2) is 4.98 Å². The van der Waals surface area contributed by atoms with Gasteiger partial charge in [0.15, 0.2) is 5.58 Å². The fraction of sp³-hybridized carbons (Fsp3) is 0.333. The number of amides is 1. The van der Waals surface area contributed by atoms with Gasteiger partial charge in [0, 0.05) is 23.2 Å². The quantitative estimate of drug-likeness (QED) is 0.721. The van der Waals surface area contributed by atoms with Gasteiger partial charge < -0.3 is 9.73 Å². The molecule has 128 valence electrons. The van der Waals surface area contributed by atoms with E-state index < -0.39 is 0 Å². The van der Waals surface area contributed by atoms with E-state index in [0.29, 0.717) is 11.5 Å². The van der Waals surface area contributed by atoms with Crippen molar-refractivity contribution in [3.8, 4) is 11.5 Å².